The Morgan fingerprint density at radius 1 is 1.20 bits per heavy atom. The Hall–Kier alpha value is -2.36. The number of benzene rings is 2. The molecule has 1 amide bonds. The van der Waals surface area contributed by atoms with Crippen LogP contribution in [0, 0.1) is 12.7 Å². The predicted molar refractivity (Wildman–Crippen MR) is 75.6 cm³/mol. The van der Waals surface area contributed by atoms with E-state index in [1.807, 2.05) is 24.3 Å². The summed E-state index contributed by atoms with van der Waals surface area (Å²) >= 11 is 0. The molecular formula is C16H15FN2O. The van der Waals surface area contributed by atoms with Gasteiger partial charge in [0.1, 0.15) is 5.82 Å². The maximum Gasteiger partial charge on any atom is 0.257 e. The van der Waals surface area contributed by atoms with Crippen LogP contribution in [0.2, 0.25) is 0 Å². The molecule has 0 atom stereocenters. The van der Waals surface area contributed by atoms with Gasteiger partial charge in [-0.05, 0) is 35.7 Å². The van der Waals surface area contributed by atoms with Gasteiger partial charge in [0, 0.05) is 18.8 Å². The van der Waals surface area contributed by atoms with Crippen LogP contribution in [0.25, 0.3) is 0 Å². The molecule has 0 radical (unpaired) electrons. The standard InChI is InChI=1S/C16H15FN2O/c1-10-6-13(18)7-14(15(10)17)16(20)19-8-11-4-2-3-5-12(11)9-19/h2-7H,8-9,18H2,1H3. The van der Waals surface area contributed by atoms with E-state index >= 15 is 0 Å². The van der Waals surface area contributed by atoms with Crippen LogP contribution >= 0.6 is 0 Å². The van der Waals surface area contributed by atoms with Crippen LogP contribution in [0.15, 0.2) is 36.4 Å². The van der Waals surface area contributed by atoms with Gasteiger partial charge in [-0.3, -0.25) is 4.79 Å². The lowest BCUT2D eigenvalue weighted by atomic mass is 10.1. The van der Waals surface area contributed by atoms with Crippen LogP contribution in [-0.2, 0) is 13.1 Å². The minimum absolute atomic E-state index is 0.0512. The molecule has 4 heteroatoms. The first-order valence-corrected chi connectivity index (χ1v) is 6.48. The first kappa shape index (κ1) is 12.7. The average molecular weight is 270 g/mol. The first-order chi connectivity index (χ1) is 9.56. The van der Waals surface area contributed by atoms with E-state index in [-0.39, 0.29) is 11.5 Å². The summed E-state index contributed by atoms with van der Waals surface area (Å²) in [6.45, 7) is 2.64. The zero-order chi connectivity index (χ0) is 14.3. The van der Waals surface area contributed by atoms with Crippen molar-refractivity contribution in [1.82, 2.24) is 4.90 Å². The van der Waals surface area contributed by atoms with Crippen molar-refractivity contribution in [3.63, 3.8) is 0 Å². The highest BCUT2D eigenvalue weighted by atomic mass is 19.1. The lowest BCUT2D eigenvalue weighted by Crippen LogP contribution is -2.26. The third kappa shape index (κ3) is 2.03. The SMILES string of the molecule is Cc1cc(N)cc(C(=O)N2Cc3ccccc3C2)c1F. The summed E-state index contributed by atoms with van der Waals surface area (Å²) in [5.41, 5.74) is 8.79. The number of hydrogen-bond donors (Lipinski definition) is 1. The molecule has 0 fully saturated rings. The van der Waals surface area contributed by atoms with E-state index in [9.17, 15) is 9.18 Å². The van der Waals surface area contributed by atoms with Gasteiger partial charge in [-0.15, -0.1) is 0 Å². The number of nitrogen functional groups attached to an aromatic ring is 1. The van der Waals surface area contributed by atoms with Crippen LogP contribution in [0.1, 0.15) is 27.0 Å². The second kappa shape index (κ2) is 4.63. The Labute approximate surface area is 116 Å². The van der Waals surface area contributed by atoms with Crippen molar-refractivity contribution >= 4 is 11.6 Å². The van der Waals surface area contributed by atoms with E-state index in [0.717, 1.165) is 11.1 Å². The third-order valence-corrected chi connectivity index (χ3v) is 3.64. The zero-order valence-corrected chi connectivity index (χ0v) is 11.2. The number of amides is 1. The number of hydrogen-bond acceptors (Lipinski definition) is 2. The molecule has 0 bridgehead atoms. The third-order valence-electron chi connectivity index (χ3n) is 3.64. The second-order valence-corrected chi connectivity index (χ2v) is 5.13. The summed E-state index contributed by atoms with van der Waals surface area (Å²) in [5, 5.41) is 0. The summed E-state index contributed by atoms with van der Waals surface area (Å²) in [6.07, 6.45) is 0. The Kier molecular flexibility index (Phi) is 2.93. The van der Waals surface area contributed by atoms with Gasteiger partial charge >= 0.3 is 0 Å². The summed E-state index contributed by atoms with van der Waals surface area (Å²) in [5.74, 6) is -0.797. The Bertz CT molecular complexity index is 672. The molecule has 2 aromatic carbocycles. The fourth-order valence-corrected chi connectivity index (χ4v) is 2.60. The maximum absolute atomic E-state index is 14.1. The van der Waals surface area contributed by atoms with Gasteiger partial charge < -0.3 is 10.6 Å². The molecular weight excluding hydrogens is 255 g/mol. The minimum Gasteiger partial charge on any atom is -0.399 e. The minimum atomic E-state index is -0.486. The van der Waals surface area contributed by atoms with E-state index in [1.54, 1.807) is 11.8 Å². The fourth-order valence-electron chi connectivity index (χ4n) is 2.60. The molecule has 0 spiro atoms. The topological polar surface area (TPSA) is 46.3 Å². The maximum atomic E-state index is 14.1. The molecule has 2 aromatic rings. The lowest BCUT2D eigenvalue weighted by Gasteiger charge is -2.17. The van der Waals surface area contributed by atoms with Gasteiger partial charge in [0.25, 0.3) is 5.91 Å². The van der Waals surface area contributed by atoms with E-state index < -0.39 is 5.82 Å². The normalized spacial score (nSPS) is 13.4. The van der Waals surface area contributed by atoms with E-state index in [2.05, 4.69) is 0 Å². The van der Waals surface area contributed by atoms with Crippen LogP contribution < -0.4 is 5.73 Å². The molecule has 0 saturated carbocycles. The number of nitrogens with two attached hydrogens (primary N) is 1. The van der Waals surface area contributed by atoms with Crippen molar-refractivity contribution in [2.24, 2.45) is 0 Å². The summed E-state index contributed by atoms with van der Waals surface area (Å²) in [6, 6.07) is 10.8. The molecule has 0 aliphatic carbocycles. The quantitative estimate of drug-likeness (QED) is 0.810. The molecule has 102 valence electrons. The van der Waals surface area contributed by atoms with Gasteiger partial charge in [0.05, 0.1) is 5.56 Å². The summed E-state index contributed by atoms with van der Waals surface area (Å²) in [4.78, 5) is 14.1. The number of fused-ring (bicyclic) bond motifs is 1. The number of carbonyl (C=O) groups excluding carboxylic acids is 1. The van der Waals surface area contributed by atoms with Crippen molar-refractivity contribution < 1.29 is 9.18 Å². The van der Waals surface area contributed by atoms with E-state index in [4.69, 9.17) is 5.73 Å². The second-order valence-electron chi connectivity index (χ2n) is 5.13. The smallest absolute Gasteiger partial charge is 0.257 e. The highest BCUT2D eigenvalue weighted by Gasteiger charge is 2.26. The molecule has 3 rings (SSSR count). The summed E-state index contributed by atoms with van der Waals surface area (Å²) in [7, 11) is 0. The molecule has 0 saturated heterocycles. The lowest BCUT2D eigenvalue weighted by molar-refractivity contribution is 0.0746. The largest absolute Gasteiger partial charge is 0.399 e. The number of anilines is 1. The molecule has 1 aliphatic heterocycles. The molecule has 1 aliphatic rings. The molecule has 3 nitrogen and oxygen atoms in total. The van der Waals surface area contributed by atoms with E-state index in [1.165, 1.54) is 12.1 Å². The monoisotopic (exact) mass is 270 g/mol. The number of aryl methyl sites for hydroxylation is 1. The highest BCUT2D eigenvalue weighted by Crippen LogP contribution is 2.26. The van der Waals surface area contributed by atoms with Crippen molar-refractivity contribution in [2.45, 2.75) is 20.0 Å². The van der Waals surface area contributed by atoms with Crippen molar-refractivity contribution in [1.29, 1.82) is 0 Å². The highest BCUT2D eigenvalue weighted by molar-refractivity contribution is 5.96. The fraction of sp³-hybridized carbons (Fsp3) is 0.188. The average Bonchev–Trinajstić information content (AvgIpc) is 2.86. The van der Waals surface area contributed by atoms with Crippen LogP contribution in [-0.4, -0.2) is 10.8 Å². The van der Waals surface area contributed by atoms with E-state index in [0.29, 0.717) is 24.3 Å². The van der Waals surface area contributed by atoms with Crippen molar-refractivity contribution in [3.8, 4) is 0 Å². The van der Waals surface area contributed by atoms with Crippen molar-refractivity contribution in [2.75, 3.05) is 5.73 Å². The van der Waals surface area contributed by atoms with Gasteiger partial charge in [-0.1, -0.05) is 24.3 Å². The van der Waals surface area contributed by atoms with Crippen LogP contribution in [0.3, 0.4) is 0 Å². The van der Waals surface area contributed by atoms with Gasteiger partial charge in [-0.25, -0.2) is 4.39 Å². The molecule has 0 unspecified atom stereocenters. The Morgan fingerprint density at radius 2 is 1.80 bits per heavy atom. The Balaban J connectivity index is 1.92. The van der Waals surface area contributed by atoms with Crippen LogP contribution in [0.4, 0.5) is 10.1 Å². The molecule has 20 heavy (non-hydrogen) atoms. The van der Waals surface area contributed by atoms with Gasteiger partial charge in [0.2, 0.25) is 0 Å². The predicted octanol–water partition coefficient (Wildman–Crippen LogP) is 2.87. The summed E-state index contributed by atoms with van der Waals surface area (Å²) < 4.78 is 14.1. The molecule has 1 heterocycles. The first-order valence-electron chi connectivity index (χ1n) is 6.48. The van der Waals surface area contributed by atoms with Crippen LogP contribution in [0.5, 0.6) is 0 Å². The number of nitrogens with zero attached hydrogens (tertiary/aromatic N) is 1. The number of carbonyl (C=O) groups is 1. The van der Waals surface area contributed by atoms with Gasteiger partial charge in [0.15, 0.2) is 0 Å². The number of rotatable bonds is 1. The van der Waals surface area contributed by atoms with Crippen molar-refractivity contribution in [3.05, 3.63) is 64.5 Å². The van der Waals surface area contributed by atoms with Gasteiger partial charge in [-0.2, -0.15) is 0 Å². The zero-order valence-electron chi connectivity index (χ0n) is 11.2. The number of halogens is 1. The molecule has 0 aromatic heterocycles. The Morgan fingerprint density at radius 3 is 2.40 bits per heavy atom. The molecule has 2 N–H and O–H groups in total.